The van der Waals surface area contributed by atoms with Gasteiger partial charge in [0.1, 0.15) is 0 Å². The summed E-state index contributed by atoms with van der Waals surface area (Å²) in [5.41, 5.74) is 3.51. The molecular formula is C28H33ClN6O2. The highest BCUT2D eigenvalue weighted by Crippen LogP contribution is 2.39. The summed E-state index contributed by atoms with van der Waals surface area (Å²) in [4.78, 5) is 24.6. The van der Waals surface area contributed by atoms with Crippen molar-refractivity contribution < 1.29 is 9.53 Å². The fourth-order valence-corrected chi connectivity index (χ4v) is 5.42. The van der Waals surface area contributed by atoms with E-state index in [9.17, 15) is 10.1 Å². The molecule has 1 saturated heterocycles. The van der Waals surface area contributed by atoms with Gasteiger partial charge < -0.3 is 4.74 Å². The van der Waals surface area contributed by atoms with Gasteiger partial charge in [0.2, 0.25) is 0 Å². The van der Waals surface area contributed by atoms with Crippen molar-refractivity contribution in [1.82, 2.24) is 24.6 Å². The number of Topliss-reactive ketones (excluding diaryl/α,β-unsaturated/α-hetero) is 1. The Labute approximate surface area is 224 Å². The smallest absolute Gasteiger partial charge is 0.170 e. The van der Waals surface area contributed by atoms with Crippen LogP contribution in [0.5, 0.6) is 0 Å². The second-order valence-electron chi connectivity index (χ2n) is 9.97. The Morgan fingerprint density at radius 1 is 1.08 bits per heavy atom. The Hall–Kier alpha value is -3.12. The Morgan fingerprint density at radius 3 is 2.46 bits per heavy atom. The number of ether oxygens (including phenoxy) is 1. The number of nitriles is 1. The molecule has 5 rings (SSSR count). The lowest BCUT2D eigenvalue weighted by molar-refractivity contribution is 0.00493. The third-order valence-electron chi connectivity index (χ3n) is 7.69. The first-order valence-corrected chi connectivity index (χ1v) is 12.7. The minimum Gasteiger partial charge on any atom is -0.379 e. The molecule has 0 N–H and O–H groups in total. The maximum atomic E-state index is 13.1. The van der Waals surface area contributed by atoms with Gasteiger partial charge in [-0.2, -0.15) is 10.4 Å². The summed E-state index contributed by atoms with van der Waals surface area (Å²) in [7, 11) is 0. The molecule has 37 heavy (non-hydrogen) atoms. The molecule has 0 bridgehead atoms. The zero-order chi connectivity index (χ0) is 25.1. The fourth-order valence-electron chi connectivity index (χ4n) is 5.42. The number of hydrogen-bond donors (Lipinski definition) is 0. The van der Waals surface area contributed by atoms with Crippen LogP contribution in [0.4, 0.5) is 0 Å². The quantitative estimate of drug-likeness (QED) is 0.450. The maximum Gasteiger partial charge on any atom is 0.170 e. The molecule has 4 heterocycles. The van der Waals surface area contributed by atoms with Crippen LogP contribution < -0.4 is 0 Å². The fraction of sp³-hybridized carbons (Fsp3) is 0.464. The van der Waals surface area contributed by atoms with E-state index in [0.717, 1.165) is 74.5 Å². The van der Waals surface area contributed by atoms with E-state index in [1.165, 1.54) is 0 Å². The van der Waals surface area contributed by atoms with Gasteiger partial charge in [-0.3, -0.25) is 14.7 Å². The number of carbonyl (C=O) groups is 1. The number of hydrogen-bond acceptors (Lipinski definition) is 7. The first-order valence-electron chi connectivity index (χ1n) is 12.7. The predicted molar refractivity (Wildman–Crippen MR) is 142 cm³/mol. The summed E-state index contributed by atoms with van der Waals surface area (Å²) in [5, 5.41) is 14.5. The summed E-state index contributed by atoms with van der Waals surface area (Å²) >= 11 is 0. The molecule has 3 aromatic heterocycles. The van der Waals surface area contributed by atoms with Crippen LogP contribution in [0.1, 0.15) is 58.6 Å². The first kappa shape index (κ1) is 26.9. The number of nitrogens with zero attached hydrogens (tertiary/aromatic N) is 6. The number of ketones is 1. The van der Waals surface area contributed by atoms with Gasteiger partial charge in [0.15, 0.2) is 11.6 Å². The van der Waals surface area contributed by atoms with Crippen molar-refractivity contribution in [2.75, 3.05) is 26.3 Å². The first-order chi connectivity index (χ1) is 17.5. The van der Waals surface area contributed by atoms with Crippen molar-refractivity contribution in [1.29, 1.82) is 5.26 Å². The zero-order valence-corrected chi connectivity index (χ0v) is 22.2. The van der Waals surface area contributed by atoms with Crippen LogP contribution in [0.3, 0.4) is 0 Å². The Kier molecular flexibility index (Phi) is 8.38. The molecular weight excluding hydrogens is 488 g/mol. The van der Waals surface area contributed by atoms with Crippen LogP contribution in [0.15, 0.2) is 42.9 Å². The van der Waals surface area contributed by atoms with Gasteiger partial charge in [-0.15, -0.1) is 12.4 Å². The van der Waals surface area contributed by atoms with E-state index in [1.807, 2.05) is 38.1 Å². The summed E-state index contributed by atoms with van der Waals surface area (Å²) in [5.74, 6) is 0.676. The predicted octanol–water partition coefficient (Wildman–Crippen LogP) is 4.16. The number of aromatic nitrogens is 4. The molecule has 0 radical (unpaired) electrons. The summed E-state index contributed by atoms with van der Waals surface area (Å²) in [6.45, 7) is 7.41. The minimum absolute atomic E-state index is 0. The normalized spacial score (nSPS) is 22.1. The third-order valence-corrected chi connectivity index (χ3v) is 7.69. The van der Waals surface area contributed by atoms with Crippen molar-refractivity contribution >= 4 is 18.2 Å². The van der Waals surface area contributed by atoms with E-state index in [0.29, 0.717) is 17.4 Å². The molecule has 0 unspecified atom stereocenters. The molecule has 1 aliphatic carbocycles. The number of morpholine rings is 1. The lowest BCUT2D eigenvalue weighted by Crippen LogP contribution is -2.47. The third kappa shape index (κ3) is 5.59. The molecule has 9 heteroatoms. The van der Waals surface area contributed by atoms with Crippen molar-refractivity contribution in [3.63, 3.8) is 0 Å². The van der Waals surface area contributed by atoms with Crippen molar-refractivity contribution in [2.45, 2.75) is 57.4 Å². The molecule has 2 aliphatic rings. The molecule has 2 fully saturated rings. The van der Waals surface area contributed by atoms with Gasteiger partial charge >= 0.3 is 0 Å². The molecule has 0 atom stereocenters. The van der Waals surface area contributed by atoms with E-state index in [4.69, 9.17) is 4.74 Å². The van der Waals surface area contributed by atoms with Gasteiger partial charge in [-0.1, -0.05) is 12.1 Å². The largest absolute Gasteiger partial charge is 0.379 e. The van der Waals surface area contributed by atoms with Gasteiger partial charge in [-0.25, -0.2) is 9.67 Å². The van der Waals surface area contributed by atoms with Gasteiger partial charge in [-0.05, 0) is 62.8 Å². The van der Waals surface area contributed by atoms with Gasteiger partial charge in [0, 0.05) is 37.9 Å². The second kappa shape index (κ2) is 11.5. The molecule has 8 nitrogen and oxygen atoms in total. The summed E-state index contributed by atoms with van der Waals surface area (Å²) in [6, 6.07) is 10.8. The van der Waals surface area contributed by atoms with E-state index in [2.05, 4.69) is 26.0 Å². The lowest BCUT2D eigenvalue weighted by atomic mass is 9.71. The molecule has 194 valence electrons. The Bertz CT molecular complexity index is 1250. The monoisotopic (exact) mass is 520 g/mol. The van der Waals surface area contributed by atoms with Crippen LogP contribution in [-0.4, -0.2) is 62.8 Å². The maximum absolute atomic E-state index is 13.1. The molecule has 0 aromatic carbocycles. The Balaban J connectivity index is 0.00000320. The van der Waals surface area contributed by atoms with Crippen molar-refractivity contribution in [3.8, 4) is 11.9 Å². The van der Waals surface area contributed by atoms with E-state index in [-0.39, 0.29) is 24.6 Å². The number of pyridine rings is 2. The van der Waals surface area contributed by atoms with E-state index < -0.39 is 5.41 Å². The van der Waals surface area contributed by atoms with Crippen LogP contribution in [0.2, 0.25) is 0 Å². The molecule has 0 spiro atoms. The molecule has 1 aliphatic heterocycles. The number of aryl methyl sites for hydroxylation is 1. The van der Waals surface area contributed by atoms with Crippen LogP contribution in [0, 0.1) is 25.2 Å². The van der Waals surface area contributed by atoms with Gasteiger partial charge in [0.25, 0.3) is 0 Å². The standard InChI is InChI=1S/C28H32N6O2.ClH/c1-20-3-6-27(31-16-20)34-21(2)24(18-32-34)25(35)15-22-4-5-26(30-17-22)28(19-29)9-7-23(8-10-28)33-11-13-36-14-12-33;/h3-6,16-18,23H,7-15H2,1-2H3;1H. The van der Waals surface area contributed by atoms with Crippen LogP contribution in [-0.2, 0) is 16.6 Å². The summed E-state index contributed by atoms with van der Waals surface area (Å²) < 4.78 is 7.18. The van der Waals surface area contributed by atoms with E-state index >= 15 is 0 Å². The highest BCUT2D eigenvalue weighted by Gasteiger charge is 2.40. The Morgan fingerprint density at radius 2 is 1.84 bits per heavy atom. The van der Waals surface area contributed by atoms with Crippen LogP contribution >= 0.6 is 12.4 Å². The summed E-state index contributed by atoms with van der Waals surface area (Å²) in [6.07, 6.45) is 8.99. The zero-order valence-electron chi connectivity index (χ0n) is 21.4. The average molecular weight is 521 g/mol. The molecule has 3 aromatic rings. The second-order valence-corrected chi connectivity index (χ2v) is 9.97. The van der Waals surface area contributed by atoms with Crippen LogP contribution in [0.25, 0.3) is 5.82 Å². The van der Waals surface area contributed by atoms with E-state index in [1.54, 1.807) is 23.3 Å². The van der Waals surface area contributed by atoms with Crippen molar-refractivity contribution in [2.24, 2.45) is 0 Å². The molecule has 0 amide bonds. The number of carbonyl (C=O) groups excluding carboxylic acids is 1. The lowest BCUT2D eigenvalue weighted by Gasteiger charge is -2.41. The van der Waals surface area contributed by atoms with Crippen molar-refractivity contribution in [3.05, 3.63) is 70.9 Å². The van der Waals surface area contributed by atoms with Gasteiger partial charge in [0.05, 0.1) is 47.8 Å². The highest BCUT2D eigenvalue weighted by atomic mass is 35.5. The number of rotatable bonds is 6. The number of halogens is 1. The minimum atomic E-state index is -0.551. The topological polar surface area (TPSA) is 96.9 Å². The highest BCUT2D eigenvalue weighted by molar-refractivity contribution is 5.98. The SMILES string of the molecule is Cc1ccc(-n2ncc(C(=O)Cc3ccc(C4(C#N)CCC(N5CCOCC5)CC4)nc3)c2C)nc1.Cl. The average Bonchev–Trinajstić information content (AvgIpc) is 3.31. The molecule has 1 saturated carbocycles.